The van der Waals surface area contributed by atoms with Crippen molar-refractivity contribution in [3.8, 4) is 0 Å². The lowest BCUT2D eigenvalue weighted by molar-refractivity contribution is 0.0950. The predicted octanol–water partition coefficient (Wildman–Crippen LogP) is 1.75. The van der Waals surface area contributed by atoms with Crippen molar-refractivity contribution in [3.63, 3.8) is 0 Å². The lowest BCUT2D eigenvalue weighted by Crippen LogP contribution is -2.19. The number of nitrogens with zero attached hydrogens (tertiary/aromatic N) is 1. The summed E-state index contributed by atoms with van der Waals surface area (Å²) in [4.78, 5) is 14.4. The van der Waals surface area contributed by atoms with Crippen molar-refractivity contribution in [2.45, 2.75) is 6.92 Å². The number of nitrogens with two attached hydrogens (primary N) is 1. The largest absolute Gasteiger partial charge is 0.399 e. The minimum atomic E-state index is -0.275. The topological polar surface area (TPSA) is 83.3 Å². The third-order valence-corrected chi connectivity index (χ3v) is 2.47. The highest BCUT2D eigenvalue weighted by Crippen LogP contribution is 2.07. The summed E-state index contributed by atoms with van der Waals surface area (Å²) in [6, 6.07) is 10.8. The number of hydrogen-bond donors (Lipinski definition) is 3. The highest BCUT2D eigenvalue weighted by Gasteiger charge is 2.04. The molecule has 0 radical (unpaired) electrons. The molecule has 5 heteroatoms. The van der Waals surface area contributed by atoms with Crippen LogP contribution in [0.2, 0.25) is 0 Å². The first-order chi connectivity index (χ1) is 8.66. The number of nitrogens with one attached hydrogen (secondary N) is 2. The maximum Gasteiger partial charge on any atom is 0.287 e. The number of amides is 1. The third kappa shape index (κ3) is 2.76. The van der Waals surface area contributed by atoms with E-state index in [1.165, 1.54) is 0 Å². The van der Waals surface area contributed by atoms with Crippen LogP contribution in [-0.4, -0.2) is 16.6 Å². The van der Waals surface area contributed by atoms with Crippen LogP contribution in [0.25, 0.3) is 0 Å². The van der Waals surface area contributed by atoms with E-state index in [0.717, 1.165) is 5.56 Å². The van der Waals surface area contributed by atoms with Crippen LogP contribution < -0.4 is 11.2 Å². The van der Waals surface area contributed by atoms with E-state index < -0.39 is 0 Å². The zero-order valence-corrected chi connectivity index (χ0v) is 9.97. The van der Waals surface area contributed by atoms with Crippen LogP contribution in [0.5, 0.6) is 0 Å². The Labute approximate surface area is 105 Å². The summed E-state index contributed by atoms with van der Waals surface area (Å²) in [5.41, 5.74) is 10.9. The second-order valence-electron chi connectivity index (χ2n) is 3.85. The van der Waals surface area contributed by atoms with Crippen LogP contribution in [-0.2, 0) is 0 Å². The Morgan fingerprint density at radius 3 is 2.83 bits per heavy atom. The van der Waals surface area contributed by atoms with Crippen LogP contribution in [0.1, 0.15) is 23.0 Å². The molecule has 2 rings (SSSR count). The first-order valence-electron chi connectivity index (χ1n) is 5.51. The molecule has 1 aromatic heterocycles. The molecular weight excluding hydrogens is 228 g/mol. The van der Waals surface area contributed by atoms with Crippen molar-refractivity contribution in [2.75, 3.05) is 5.73 Å². The van der Waals surface area contributed by atoms with E-state index in [9.17, 15) is 4.79 Å². The van der Waals surface area contributed by atoms with Crippen molar-refractivity contribution in [3.05, 3.63) is 53.9 Å². The van der Waals surface area contributed by atoms with Crippen molar-refractivity contribution in [1.29, 1.82) is 0 Å². The smallest absolute Gasteiger partial charge is 0.287 e. The Kier molecular flexibility index (Phi) is 3.43. The number of carbonyl (C=O) groups is 1. The summed E-state index contributed by atoms with van der Waals surface area (Å²) in [6.07, 6.45) is 1.68. The fourth-order valence-electron chi connectivity index (χ4n) is 1.49. The van der Waals surface area contributed by atoms with Gasteiger partial charge in [-0.15, -0.1) is 0 Å². The molecule has 0 spiro atoms. The second-order valence-corrected chi connectivity index (χ2v) is 3.85. The van der Waals surface area contributed by atoms with Gasteiger partial charge in [0, 0.05) is 11.9 Å². The number of carbonyl (C=O) groups excluding carboxylic acids is 1. The van der Waals surface area contributed by atoms with Gasteiger partial charge in [0.15, 0.2) is 0 Å². The standard InChI is InChI=1S/C13H14N4O/c1-9(10-4-2-5-11(14)8-10)16-17-13(18)12-6-3-7-15-12/h2-8,15H,14H2,1H3,(H,17,18)/b16-9-. The molecule has 0 bridgehead atoms. The molecule has 0 atom stereocenters. The number of rotatable bonds is 3. The fraction of sp³-hybridized carbons (Fsp3) is 0.0769. The quantitative estimate of drug-likeness (QED) is 0.435. The second kappa shape index (κ2) is 5.18. The number of H-pyrrole nitrogens is 1. The number of hydrogen-bond acceptors (Lipinski definition) is 3. The normalized spacial score (nSPS) is 11.3. The van der Waals surface area contributed by atoms with Gasteiger partial charge in [0.25, 0.3) is 5.91 Å². The van der Waals surface area contributed by atoms with E-state index in [4.69, 9.17) is 5.73 Å². The molecule has 0 aliphatic heterocycles. The molecule has 1 aromatic carbocycles. The van der Waals surface area contributed by atoms with Crippen LogP contribution in [0.15, 0.2) is 47.7 Å². The molecule has 0 saturated heterocycles. The van der Waals surface area contributed by atoms with Crippen molar-refractivity contribution in [2.24, 2.45) is 5.10 Å². The maximum atomic E-state index is 11.6. The van der Waals surface area contributed by atoms with E-state index >= 15 is 0 Å². The summed E-state index contributed by atoms with van der Waals surface area (Å²) in [5, 5.41) is 4.03. The van der Waals surface area contributed by atoms with Gasteiger partial charge in [0.1, 0.15) is 5.69 Å². The van der Waals surface area contributed by atoms with Gasteiger partial charge in [-0.3, -0.25) is 4.79 Å². The van der Waals surface area contributed by atoms with Crippen molar-refractivity contribution < 1.29 is 4.79 Å². The molecule has 1 heterocycles. The van der Waals surface area contributed by atoms with Gasteiger partial charge < -0.3 is 10.7 Å². The molecule has 92 valence electrons. The maximum absolute atomic E-state index is 11.6. The lowest BCUT2D eigenvalue weighted by Gasteiger charge is -2.02. The number of nitrogen functional groups attached to an aromatic ring is 1. The van der Waals surface area contributed by atoms with Crippen LogP contribution >= 0.6 is 0 Å². The molecule has 4 N–H and O–H groups in total. The van der Waals surface area contributed by atoms with E-state index in [1.54, 1.807) is 30.5 Å². The van der Waals surface area contributed by atoms with Crippen LogP contribution in [0.4, 0.5) is 5.69 Å². The van der Waals surface area contributed by atoms with Crippen LogP contribution in [0, 0.1) is 0 Å². The molecule has 0 unspecified atom stereocenters. The average Bonchev–Trinajstić information content (AvgIpc) is 2.89. The Morgan fingerprint density at radius 2 is 2.17 bits per heavy atom. The number of anilines is 1. The Hall–Kier alpha value is -2.56. The van der Waals surface area contributed by atoms with Gasteiger partial charge in [0.2, 0.25) is 0 Å². The fourth-order valence-corrected chi connectivity index (χ4v) is 1.49. The third-order valence-electron chi connectivity index (χ3n) is 2.47. The molecule has 0 saturated carbocycles. The highest BCUT2D eigenvalue weighted by atomic mass is 16.2. The summed E-state index contributed by atoms with van der Waals surface area (Å²) in [7, 11) is 0. The Bertz CT molecular complexity index is 572. The van der Waals surface area contributed by atoms with E-state index in [2.05, 4.69) is 15.5 Å². The molecule has 18 heavy (non-hydrogen) atoms. The summed E-state index contributed by atoms with van der Waals surface area (Å²) < 4.78 is 0. The summed E-state index contributed by atoms with van der Waals surface area (Å²) >= 11 is 0. The highest BCUT2D eigenvalue weighted by molar-refractivity contribution is 6.01. The molecule has 1 amide bonds. The molecular formula is C13H14N4O. The summed E-state index contributed by atoms with van der Waals surface area (Å²) in [5.74, 6) is -0.275. The Balaban J connectivity index is 2.08. The van der Waals surface area contributed by atoms with E-state index in [-0.39, 0.29) is 5.91 Å². The predicted molar refractivity (Wildman–Crippen MR) is 71.3 cm³/mol. The molecule has 0 fully saturated rings. The SMILES string of the molecule is C/C(=N/NC(=O)c1ccc[nH]1)c1cccc(N)c1. The first kappa shape index (κ1) is 11.9. The van der Waals surface area contributed by atoms with Gasteiger partial charge in [-0.25, -0.2) is 5.43 Å². The number of benzene rings is 1. The number of hydrazone groups is 1. The van der Waals surface area contributed by atoms with Crippen molar-refractivity contribution in [1.82, 2.24) is 10.4 Å². The van der Waals surface area contributed by atoms with E-state index in [0.29, 0.717) is 17.1 Å². The monoisotopic (exact) mass is 242 g/mol. The lowest BCUT2D eigenvalue weighted by atomic mass is 10.1. The van der Waals surface area contributed by atoms with Gasteiger partial charge >= 0.3 is 0 Å². The molecule has 5 nitrogen and oxygen atoms in total. The summed E-state index contributed by atoms with van der Waals surface area (Å²) in [6.45, 7) is 1.81. The Morgan fingerprint density at radius 1 is 1.33 bits per heavy atom. The first-order valence-corrected chi connectivity index (χ1v) is 5.51. The van der Waals surface area contributed by atoms with Gasteiger partial charge in [-0.1, -0.05) is 12.1 Å². The van der Waals surface area contributed by atoms with Gasteiger partial charge in [0.05, 0.1) is 5.71 Å². The molecule has 0 aliphatic rings. The van der Waals surface area contributed by atoms with Crippen molar-refractivity contribution >= 4 is 17.3 Å². The van der Waals surface area contributed by atoms with Gasteiger partial charge in [-0.2, -0.15) is 5.10 Å². The average molecular weight is 242 g/mol. The molecule has 0 aliphatic carbocycles. The zero-order chi connectivity index (χ0) is 13.0. The minimum absolute atomic E-state index is 0.275. The van der Waals surface area contributed by atoms with Crippen LogP contribution in [0.3, 0.4) is 0 Å². The number of aromatic amines is 1. The molecule has 2 aromatic rings. The minimum Gasteiger partial charge on any atom is -0.399 e. The van der Waals surface area contributed by atoms with Gasteiger partial charge in [-0.05, 0) is 36.8 Å². The van der Waals surface area contributed by atoms with E-state index in [1.807, 2.05) is 19.1 Å². The number of aromatic nitrogens is 1. The zero-order valence-electron chi connectivity index (χ0n) is 9.97.